The van der Waals surface area contributed by atoms with Gasteiger partial charge in [0.05, 0.1) is 16.2 Å². The standard InChI is InChI=1S/C18H20ClNO3S2/c1-12(14-4-10-17(11-5-14)25(3,22)23)20-18(21)13(2)24-16-8-6-15(19)7-9-16/h4-13H,1-3H3,(H,20,21). The zero-order chi connectivity index (χ0) is 18.6. The average Bonchev–Trinajstić information content (AvgIpc) is 2.56. The first-order valence-electron chi connectivity index (χ1n) is 7.69. The highest BCUT2D eigenvalue weighted by Crippen LogP contribution is 2.25. The molecule has 0 spiro atoms. The molecule has 0 radical (unpaired) electrons. The molecule has 2 rings (SSSR count). The van der Waals surface area contributed by atoms with Gasteiger partial charge in [-0.25, -0.2) is 8.42 Å². The van der Waals surface area contributed by atoms with Crippen LogP contribution in [0, 0.1) is 0 Å². The van der Waals surface area contributed by atoms with Gasteiger partial charge in [0, 0.05) is 16.2 Å². The molecule has 0 bridgehead atoms. The second-order valence-corrected chi connectivity index (χ2v) is 9.65. The minimum atomic E-state index is -3.22. The fraction of sp³-hybridized carbons (Fsp3) is 0.278. The predicted octanol–water partition coefficient (Wildman–Crippen LogP) is 4.10. The van der Waals surface area contributed by atoms with Crippen LogP contribution in [0.15, 0.2) is 58.3 Å². The van der Waals surface area contributed by atoms with Crippen molar-refractivity contribution in [3.8, 4) is 0 Å². The molecule has 4 nitrogen and oxygen atoms in total. The van der Waals surface area contributed by atoms with Crippen LogP contribution in [0.5, 0.6) is 0 Å². The average molecular weight is 398 g/mol. The Bertz CT molecular complexity index is 834. The number of nitrogens with one attached hydrogen (secondary N) is 1. The molecule has 25 heavy (non-hydrogen) atoms. The highest BCUT2D eigenvalue weighted by Gasteiger charge is 2.18. The Kier molecular flexibility index (Phi) is 6.54. The van der Waals surface area contributed by atoms with Crippen molar-refractivity contribution in [1.82, 2.24) is 5.32 Å². The summed E-state index contributed by atoms with van der Waals surface area (Å²) in [6.07, 6.45) is 1.17. The lowest BCUT2D eigenvalue weighted by atomic mass is 10.1. The van der Waals surface area contributed by atoms with Crippen LogP contribution >= 0.6 is 23.4 Å². The van der Waals surface area contributed by atoms with Gasteiger partial charge in [0.25, 0.3) is 0 Å². The Balaban J connectivity index is 1.97. The van der Waals surface area contributed by atoms with Crippen LogP contribution in [0.1, 0.15) is 25.5 Å². The van der Waals surface area contributed by atoms with Crippen LogP contribution in [0.3, 0.4) is 0 Å². The molecule has 0 aliphatic rings. The van der Waals surface area contributed by atoms with E-state index in [-0.39, 0.29) is 22.1 Å². The van der Waals surface area contributed by atoms with Crippen molar-refractivity contribution in [1.29, 1.82) is 0 Å². The molecule has 0 heterocycles. The van der Waals surface area contributed by atoms with Crippen LogP contribution in [-0.2, 0) is 14.6 Å². The molecule has 0 saturated carbocycles. The summed E-state index contributed by atoms with van der Waals surface area (Å²) in [6, 6.07) is 13.7. The topological polar surface area (TPSA) is 63.2 Å². The van der Waals surface area contributed by atoms with Crippen molar-refractivity contribution in [3.05, 3.63) is 59.1 Å². The maximum Gasteiger partial charge on any atom is 0.233 e. The molecule has 0 aromatic heterocycles. The lowest BCUT2D eigenvalue weighted by Gasteiger charge is -2.18. The normalized spacial score (nSPS) is 13.9. The summed E-state index contributed by atoms with van der Waals surface area (Å²) in [5.41, 5.74) is 0.851. The van der Waals surface area contributed by atoms with Crippen molar-refractivity contribution < 1.29 is 13.2 Å². The number of carbonyl (C=O) groups excluding carboxylic acids is 1. The number of halogens is 1. The smallest absolute Gasteiger partial charge is 0.233 e. The van der Waals surface area contributed by atoms with Gasteiger partial charge < -0.3 is 5.32 Å². The molecule has 7 heteroatoms. The minimum Gasteiger partial charge on any atom is -0.349 e. The van der Waals surface area contributed by atoms with Gasteiger partial charge in [-0.2, -0.15) is 0 Å². The van der Waals surface area contributed by atoms with E-state index < -0.39 is 9.84 Å². The van der Waals surface area contributed by atoms with Crippen molar-refractivity contribution in [2.45, 2.75) is 34.9 Å². The van der Waals surface area contributed by atoms with Gasteiger partial charge in [0.1, 0.15) is 0 Å². The van der Waals surface area contributed by atoms with E-state index in [0.29, 0.717) is 5.02 Å². The number of amides is 1. The fourth-order valence-corrected chi connectivity index (χ4v) is 3.82. The Morgan fingerprint density at radius 2 is 1.60 bits per heavy atom. The number of hydrogen-bond acceptors (Lipinski definition) is 4. The van der Waals surface area contributed by atoms with E-state index in [0.717, 1.165) is 10.5 Å². The van der Waals surface area contributed by atoms with Crippen LogP contribution in [0.25, 0.3) is 0 Å². The maximum atomic E-state index is 12.4. The van der Waals surface area contributed by atoms with Gasteiger partial charge in [0.15, 0.2) is 9.84 Å². The Morgan fingerprint density at radius 1 is 1.04 bits per heavy atom. The molecule has 1 N–H and O–H groups in total. The van der Waals surface area contributed by atoms with E-state index in [2.05, 4.69) is 5.32 Å². The number of sulfone groups is 1. The van der Waals surface area contributed by atoms with Crippen LogP contribution in [-0.4, -0.2) is 25.8 Å². The van der Waals surface area contributed by atoms with Crippen molar-refractivity contribution in [2.75, 3.05) is 6.26 Å². The van der Waals surface area contributed by atoms with Gasteiger partial charge in [-0.1, -0.05) is 23.7 Å². The third-order valence-corrected chi connectivity index (χ3v) is 6.16. The predicted molar refractivity (Wildman–Crippen MR) is 103 cm³/mol. The van der Waals surface area contributed by atoms with Crippen molar-refractivity contribution in [2.24, 2.45) is 0 Å². The summed E-state index contributed by atoms with van der Waals surface area (Å²) in [6.45, 7) is 3.71. The summed E-state index contributed by atoms with van der Waals surface area (Å²) >= 11 is 7.31. The molecule has 2 aromatic carbocycles. The first-order chi connectivity index (χ1) is 11.7. The lowest BCUT2D eigenvalue weighted by Crippen LogP contribution is -2.33. The van der Waals surface area contributed by atoms with E-state index in [4.69, 9.17) is 11.6 Å². The first kappa shape index (κ1) is 19.8. The minimum absolute atomic E-state index is 0.0837. The molecular formula is C18H20ClNO3S2. The molecule has 0 saturated heterocycles. The Hall–Kier alpha value is -1.50. The van der Waals surface area contributed by atoms with Gasteiger partial charge in [-0.3, -0.25) is 4.79 Å². The van der Waals surface area contributed by atoms with E-state index in [1.54, 1.807) is 36.4 Å². The van der Waals surface area contributed by atoms with Gasteiger partial charge in [-0.05, 0) is 55.8 Å². The third-order valence-electron chi connectivity index (χ3n) is 3.66. The quantitative estimate of drug-likeness (QED) is 0.745. The molecular weight excluding hydrogens is 378 g/mol. The van der Waals surface area contributed by atoms with E-state index >= 15 is 0 Å². The summed E-state index contributed by atoms with van der Waals surface area (Å²) in [5, 5.41) is 3.35. The summed E-state index contributed by atoms with van der Waals surface area (Å²) < 4.78 is 23.0. The molecule has 0 aliphatic heterocycles. The zero-order valence-electron chi connectivity index (χ0n) is 14.2. The second-order valence-electron chi connectivity index (χ2n) is 5.79. The van der Waals surface area contributed by atoms with Gasteiger partial charge in [-0.15, -0.1) is 11.8 Å². The second kappa shape index (κ2) is 8.25. The highest BCUT2D eigenvalue weighted by atomic mass is 35.5. The molecule has 2 atom stereocenters. The number of carbonyl (C=O) groups is 1. The molecule has 0 aliphatic carbocycles. The zero-order valence-corrected chi connectivity index (χ0v) is 16.6. The molecule has 2 unspecified atom stereocenters. The largest absolute Gasteiger partial charge is 0.349 e. The number of rotatable bonds is 6. The Labute approximate surface area is 157 Å². The Morgan fingerprint density at radius 3 is 2.12 bits per heavy atom. The maximum absolute atomic E-state index is 12.4. The lowest BCUT2D eigenvalue weighted by molar-refractivity contribution is -0.120. The summed E-state index contributed by atoms with van der Waals surface area (Å²) in [4.78, 5) is 13.6. The molecule has 0 fully saturated rings. The van der Waals surface area contributed by atoms with E-state index in [1.165, 1.54) is 18.0 Å². The monoisotopic (exact) mass is 397 g/mol. The number of thioether (sulfide) groups is 1. The van der Waals surface area contributed by atoms with Crippen LogP contribution in [0.4, 0.5) is 0 Å². The van der Waals surface area contributed by atoms with Gasteiger partial charge >= 0.3 is 0 Å². The fourth-order valence-electron chi connectivity index (χ4n) is 2.19. The third kappa shape index (κ3) is 5.76. The van der Waals surface area contributed by atoms with E-state index in [1.807, 2.05) is 26.0 Å². The molecule has 1 amide bonds. The highest BCUT2D eigenvalue weighted by molar-refractivity contribution is 8.00. The molecule has 134 valence electrons. The SMILES string of the molecule is CC(Sc1ccc(Cl)cc1)C(=O)NC(C)c1ccc(S(C)(=O)=O)cc1. The first-order valence-corrected chi connectivity index (χ1v) is 10.8. The van der Waals surface area contributed by atoms with Crippen molar-refractivity contribution in [3.63, 3.8) is 0 Å². The van der Waals surface area contributed by atoms with Gasteiger partial charge in [0.2, 0.25) is 5.91 Å². The number of benzene rings is 2. The van der Waals surface area contributed by atoms with Crippen LogP contribution < -0.4 is 5.32 Å². The van der Waals surface area contributed by atoms with E-state index in [9.17, 15) is 13.2 Å². The van der Waals surface area contributed by atoms with Crippen LogP contribution in [0.2, 0.25) is 5.02 Å². The van der Waals surface area contributed by atoms with Crippen molar-refractivity contribution >= 4 is 39.1 Å². The summed E-state index contributed by atoms with van der Waals surface area (Å²) in [5.74, 6) is -0.0837. The summed E-state index contributed by atoms with van der Waals surface area (Å²) in [7, 11) is -3.22. The molecule has 2 aromatic rings. The number of hydrogen-bond donors (Lipinski definition) is 1.